The van der Waals surface area contributed by atoms with Crippen LogP contribution in [0.1, 0.15) is 72.6 Å². The van der Waals surface area contributed by atoms with Crippen molar-refractivity contribution < 1.29 is 17.9 Å². The molecule has 2 aromatic carbocycles. The van der Waals surface area contributed by atoms with Crippen LogP contribution in [0.4, 0.5) is 0 Å². The number of rotatable bonds is 7. The van der Waals surface area contributed by atoms with Crippen molar-refractivity contribution in [3.05, 3.63) is 57.6 Å². The summed E-state index contributed by atoms with van der Waals surface area (Å²) in [4.78, 5) is 13.0. The lowest BCUT2D eigenvalue weighted by Gasteiger charge is -2.21. The third-order valence-corrected chi connectivity index (χ3v) is 8.31. The minimum Gasteiger partial charge on any atom is -0.496 e. The van der Waals surface area contributed by atoms with Gasteiger partial charge in [0.15, 0.2) is 0 Å². The number of hydrogen-bond donors (Lipinski definition) is 1. The number of nitrogens with one attached hydrogen (secondary N) is 1. The molecular weight excluding hydrogens is 448 g/mol. The first kappa shape index (κ1) is 24.6. The van der Waals surface area contributed by atoms with Crippen LogP contribution in [0.5, 0.6) is 5.75 Å². The lowest BCUT2D eigenvalue weighted by atomic mass is 9.93. The van der Waals surface area contributed by atoms with Gasteiger partial charge in [0.2, 0.25) is 10.0 Å². The Labute approximate surface area is 196 Å². The Morgan fingerprint density at radius 2 is 1.75 bits per heavy atom. The van der Waals surface area contributed by atoms with E-state index >= 15 is 0 Å². The number of carbonyl (C=O) groups excluding carboxylic acids is 1. The molecular formula is C24H31ClN2O4S. The van der Waals surface area contributed by atoms with Crippen molar-refractivity contribution in [1.82, 2.24) is 9.62 Å². The summed E-state index contributed by atoms with van der Waals surface area (Å²) in [7, 11) is -2.08. The predicted molar refractivity (Wildman–Crippen MR) is 127 cm³/mol. The molecule has 1 aliphatic heterocycles. The quantitative estimate of drug-likeness (QED) is 0.603. The van der Waals surface area contributed by atoms with Gasteiger partial charge >= 0.3 is 0 Å². The first-order chi connectivity index (χ1) is 15.1. The van der Waals surface area contributed by atoms with E-state index in [1.807, 2.05) is 19.9 Å². The molecule has 32 heavy (non-hydrogen) atoms. The van der Waals surface area contributed by atoms with Gasteiger partial charge in [0, 0.05) is 18.7 Å². The standard InChI is InChI=1S/C24H31ClN2O4S/c1-15(2)19-14-20(16(3)12-22(19)31-5)17(4)26-24(28)18-8-9-21(25)23(13-18)32(29,30)27-10-6-7-11-27/h8-9,12-15,17H,6-7,10-11H2,1-5H3,(H,26,28). The van der Waals surface area contributed by atoms with Crippen molar-refractivity contribution in [2.45, 2.75) is 57.4 Å². The number of aryl methyl sites for hydroxylation is 1. The Kier molecular flexibility index (Phi) is 7.53. The van der Waals surface area contributed by atoms with Crippen LogP contribution in [-0.4, -0.2) is 38.8 Å². The molecule has 1 atom stereocenters. The summed E-state index contributed by atoms with van der Waals surface area (Å²) in [5, 5.41) is 3.11. The maximum Gasteiger partial charge on any atom is 0.251 e. The van der Waals surface area contributed by atoms with Gasteiger partial charge in [-0.05, 0) is 79.6 Å². The number of methoxy groups -OCH3 is 1. The summed E-state index contributed by atoms with van der Waals surface area (Å²) in [6, 6.07) is 8.16. The van der Waals surface area contributed by atoms with Gasteiger partial charge in [-0.3, -0.25) is 4.79 Å². The van der Waals surface area contributed by atoms with E-state index in [1.165, 1.54) is 16.4 Å². The Hall–Kier alpha value is -2.09. The Balaban J connectivity index is 1.87. The Morgan fingerprint density at radius 3 is 2.34 bits per heavy atom. The number of amides is 1. The average Bonchev–Trinajstić information content (AvgIpc) is 3.29. The molecule has 0 aliphatic carbocycles. The van der Waals surface area contributed by atoms with Crippen molar-refractivity contribution in [3.63, 3.8) is 0 Å². The normalized spacial score (nSPS) is 15.7. The summed E-state index contributed by atoms with van der Waals surface area (Å²) in [6.07, 6.45) is 1.65. The van der Waals surface area contributed by atoms with Crippen molar-refractivity contribution in [1.29, 1.82) is 0 Å². The molecule has 1 N–H and O–H groups in total. The molecule has 1 amide bonds. The number of halogens is 1. The highest BCUT2D eigenvalue weighted by Crippen LogP contribution is 2.32. The first-order valence-corrected chi connectivity index (χ1v) is 12.7. The second-order valence-corrected chi connectivity index (χ2v) is 10.9. The molecule has 174 valence electrons. The Morgan fingerprint density at radius 1 is 1.09 bits per heavy atom. The van der Waals surface area contributed by atoms with E-state index in [4.69, 9.17) is 16.3 Å². The van der Waals surface area contributed by atoms with E-state index < -0.39 is 10.0 Å². The molecule has 0 aromatic heterocycles. The summed E-state index contributed by atoms with van der Waals surface area (Å²) >= 11 is 6.21. The molecule has 1 saturated heterocycles. The second kappa shape index (κ2) is 9.81. The van der Waals surface area contributed by atoms with Gasteiger partial charge in [-0.25, -0.2) is 8.42 Å². The van der Waals surface area contributed by atoms with Crippen LogP contribution >= 0.6 is 11.6 Å². The lowest BCUT2D eigenvalue weighted by molar-refractivity contribution is 0.0939. The molecule has 6 nitrogen and oxygen atoms in total. The lowest BCUT2D eigenvalue weighted by Crippen LogP contribution is -2.29. The second-order valence-electron chi connectivity index (χ2n) is 8.56. The maximum absolute atomic E-state index is 13.0. The Bertz CT molecular complexity index is 1110. The number of carbonyl (C=O) groups is 1. The molecule has 3 rings (SSSR count). The summed E-state index contributed by atoms with van der Waals surface area (Å²) in [5.41, 5.74) is 3.32. The molecule has 1 aliphatic rings. The van der Waals surface area contributed by atoms with Gasteiger partial charge in [0.25, 0.3) is 5.91 Å². The van der Waals surface area contributed by atoms with Gasteiger partial charge in [-0.15, -0.1) is 0 Å². The van der Waals surface area contributed by atoms with Crippen LogP contribution in [0.15, 0.2) is 35.2 Å². The molecule has 1 fully saturated rings. The number of nitrogens with zero attached hydrogens (tertiary/aromatic N) is 1. The number of benzene rings is 2. The van der Waals surface area contributed by atoms with Crippen LogP contribution in [0.25, 0.3) is 0 Å². The molecule has 1 unspecified atom stereocenters. The summed E-state index contributed by atoms with van der Waals surface area (Å²) in [5.74, 6) is 0.740. The van der Waals surface area contributed by atoms with Gasteiger partial charge in [-0.2, -0.15) is 4.31 Å². The monoisotopic (exact) mass is 478 g/mol. The van der Waals surface area contributed by atoms with Crippen molar-refractivity contribution in [3.8, 4) is 5.75 Å². The van der Waals surface area contributed by atoms with E-state index in [0.717, 1.165) is 35.3 Å². The predicted octanol–water partition coefficient (Wildman–Crippen LogP) is 5.06. The van der Waals surface area contributed by atoms with Crippen LogP contribution in [0, 0.1) is 6.92 Å². The highest BCUT2D eigenvalue weighted by molar-refractivity contribution is 7.89. The highest BCUT2D eigenvalue weighted by Gasteiger charge is 2.30. The van der Waals surface area contributed by atoms with Crippen molar-refractivity contribution in [2.24, 2.45) is 0 Å². The molecule has 1 heterocycles. The van der Waals surface area contributed by atoms with Crippen molar-refractivity contribution >= 4 is 27.5 Å². The largest absolute Gasteiger partial charge is 0.496 e. The van der Waals surface area contributed by atoms with Gasteiger partial charge in [-0.1, -0.05) is 25.4 Å². The molecule has 0 saturated carbocycles. The average molecular weight is 479 g/mol. The van der Waals surface area contributed by atoms with E-state index in [1.54, 1.807) is 13.2 Å². The third kappa shape index (κ3) is 4.95. The van der Waals surface area contributed by atoms with Crippen LogP contribution in [0.3, 0.4) is 0 Å². The summed E-state index contributed by atoms with van der Waals surface area (Å²) < 4.78 is 32.9. The van der Waals surface area contributed by atoms with Crippen LogP contribution in [-0.2, 0) is 10.0 Å². The summed E-state index contributed by atoms with van der Waals surface area (Å²) in [6.45, 7) is 9.02. The van der Waals surface area contributed by atoms with Gasteiger partial charge in [0.1, 0.15) is 10.6 Å². The molecule has 8 heteroatoms. The van der Waals surface area contributed by atoms with E-state index in [9.17, 15) is 13.2 Å². The first-order valence-electron chi connectivity index (χ1n) is 10.8. The van der Waals surface area contributed by atoms with Crippen molar-refractivity contribution in [2.75, 3.05) is 20.2 Å². The van der Waals surface area contributed by atoms with Gasteiger partial charge in [0.05, 0.1) is 18.2 Å². The fraction of sp³-hybridized carbons (Fsp3) is 0.458. The zero-order valence-corrected chi connectivity index (χ0v) is 20.8. The zero-order chi connectivity index (χ0) is 23.6. The van der Waals surface area contributed by atoms with E-state index in [2.05, 4.69) is 25.2 Å². The molecule has 2 aromatic rings. The van der Waals surface area contributed by atoms with Crippen LogP contribution in [0.2, 0.25) is 5.02 Å². The fourth-order valence-corrected chi connectivity index (χ4v) is 6.10. The molecule has 0 bridgehead atoms. The molecule has 0 radical (unpaired) electrons. The minimum absolute atomic E-state index is 0.0240. The van der Waals surface area contributed by atoms with E-state index in [-0.39, 0.29) is 33.3 Å². The SMILES string of the molecule is COc1cc(C)c(C(C)NC(=O)c2ccc(Cl)c(S(=O)(=O)N3CCCC3)c2)cc1C(C)C. The van der Waals surface area contributed by atoms with Gasteiger partial charge < -0.3 is 10.1 Å². The van der Waals surface area contributed by atoms with E-state index in [0.29, 0.717) is 13.1 Å². The highest BCUT2D eigenvalue weighted by atomic mass is 35.5. The number of sulfonamides is 1. The topological polar surface area (TPSA) is 75.7 Å². The number of hydrogen-bond acceptors (Lipinski definition) is 4. The smallest absolute Gasteiger partial charge is 0.251 e. The minimum atomic E-state index is -3.73. The zero-order valence-electron chi connectivity index (χ0n) is 19.2. The third-order valence-electron chi connectivity index (χ3n) is 5.93. The molecule has 0 spiro atoms. The van der Waals surface area contributed by atoms with Crippen LogP contribution < -0.4 is 10.1 Å². The fourth-order valence-electron chi connectivity index (χ4n) is 4.08. The number of ether oxygens (including phenoxy) is 1. The maximum atomic E-state index is 13.0.